The van der Waals surface area contributed by atoms with Crippen LogP contribution in [-0.4, -0.2) is 38.8 Å². The zero-order chi connectivity index (χ0) is 20.8. The van der Waals surface area contributed by atoms with Crippen molar-refractivity contribution >= 4 is 8.32 Å². The monoisotopic (exact) mass is 394 g/mol. The maximum atomic E-state index is 10.4. The summed E-state index contributed by atoms with van der Waals surface area (Å²) in [4.78, 5) is 0. The van der Waals surface area contributed by atoms with Crippen LogP contribution in [-0.2, 0) is 15.8 Å². The van der Waals surface area contributed by atoms with Crippen LogP contribution in [0, 0.1) is 0 Å². The number of aliphatic hydroxyl groups excluding tert-OH is 1. The maximum Gasteiger partial charge on any atom is 0.192 e. The number of aliphatic hydroxyl groups is 1. The fourth-order valence-electron chi connectivity index (χ4n) is 2.37. The summed E-state index contributed by atoms with van der Waals surface area (Å²) in [6, 6.07) is 7.85. The molecule has 154 valence electrons. The van der Waals surface area contributed by atoms with Gasteiger partial charge in [0.2, 0.25) is 0 Å². The van der Waals surface area contributed by atoms with Crippen LogP contribution >= 0.6 is 0 Å². The number of methoxy groups -OCH3 is 1. The molecule has 0 bridgehead atoms. The standard InChI is InChI=1S/C22H38O4Si/c1-16(2)20(23)14-21(26-27(8,9)22(4,5)6)17(3)25-15-18-10-12-19(24-7)13-11-18/h10-13,17,20-21,23H,1,14-15H2,2-9H3/t17-,20?,21-/m0/s1. The van der Waals surface area contributed by atoms with Crippen LogP contribution in [0.3, 0.4) is 0 Å². The number of hydrogen-bond acceptors (Lipinski definition) is 4. The van der Waals surface area contributed by atoms with Gasteiger partial charge in [-0.1, -0.05) is 45.1 Å². The summed E-state index contributed by atoms with van der Waals surface area (Å²) >= 11 is 0. The lowest BCUT2D eigenvalue weighted by Crippen LogP contribution is -2.48. The van der Waals surface area contributed by atoms with Gasteiger partial charge in [0, 0.05) is 6.42 Å². The van der Waals surface area contributed by atoms with Gasteiger partial charge in [-0.25, -0.2) is 0 Å². The van der Waals surface area contributed by atoms with Crippen LogP contribution in [0.25, 0.3) is 0 Å². The Balaban J connectivity index is 2.84. The van der Waals surface area contributed by atoms with E-state index in [0.29, 0.717) is 13.0 Å². The van der Waals surface area contributed by atoms with E-state index in [1.54, 1.807) is 7.11 Å². The second-order valence-electron chi connectivity index (χ2n) is 8.88. The van der Waals surface area contributed by atoms with Gasteiger partial charge in [-0.15, -0.1) is 0 Å². The Morgan fingerprint density at radius 3 is 2.19 bits per heavy atom. The molecule has 0 aliphatic heterocycles. The minimum atomic E-state index is -1.99. The summed E-state index contributed by atoms with van der Waals surface area (Å²) in [5, 5.41) is 10.4. The van der Waals surface area contributed by atoms with Gasteiger partial charge in [0.25, 0.3) is 0 Å². The maximum absolute atomic E-state index is 10.4. The van der Waals surface area contributed by atoms with Crippen molar-refractivity contribution in [1.29, 1.82) is 0 Å². The molecule has 4 nitrogen and oxygen atoms in total. The zero-order valence-corrected chi connectivity index (χ0v) is 19.3. The molecule has 1 rings (SSSR count). The van der Waals surface area contributed by atoms with E-state index in [9.17, 15) is 5.11 Å². The van der Waals surface area contributed by atoms with Gasteiger partial charge >= 0.3 is 0 Å². The Morgan fingerprint density at radius 2 is 1.74 bits per heavy atom. The molecule has 0 saturated carbocycles. The van der Waals surface area contributed by atoms with Crippen LogP contribution in [0.15, 0.2) is 36.4 Å². The molecule has 0 spiro atoms. The van der Waals surface area contributed by atoms with Gasteiger partial charge < -0.3 is 19.0 Å². The van der Waals surface area contributed by atoms with E-state index < -0.39 is 14.4 Å². The van der Waals surface area contributed by atoms with Crippen LogP contribution in [0.2, 0.25) is 18.1 Å². The molecule has 27 heavy (non-hydrogen) atoms. The van der Waals surface area contributed by atoms with E-state index in [0.717, 1.165) is 16.9 Å². The van der Waals surface area contributed by atoms with Crippen LogP contribution < -0.4 is 4.74 Å². The van der Waals surface area contributed by atoms with Crippen LogP contribution in [0.1, 0.15) is 46.6 Å². The molecule has 0 heterocycles. The lowest BCUT2D eigenvalue weighted by Gasteiger charge is -2.41. The average molecular weight is 395 g/mol. The van der Waals surface area contributed by atoms with Crippen molar-refractivity contribution in [2.24, 2.45) is 0 Å². The third kappa shape index (κ3) is 7.41. The van der Waals surface area contributed by atoms with Crippen LogP contribution in [0.4, 0.5) is 0 Å². The SMILES string of the molecule is C=C(C)C(O)C[C@H](O[Si](C)(C)C(C)(C)C)[C@H](C)OCc1ccc(OC)cc1. The predicted molar refractivity (Wildman–Crippen MR) is 115 cm³/mol. The topological polar surface area (TPSA) is 47.9 Å². The normalized spacial score (nSPS) is 15.9. The Hall–Kier alpha value is -1.14. The first-order chi connectivity index (χ1) is 12.4. The third-order valence-electron chi connectivity index (χ3n) is 5.47. The zero-order valence-electron chi connectivity index (χ0n) is 18.3. The highest BCUT2D eigenvalue weighted by Crippen LogP contribution is 2.38. The molecule has 1 aromatic carbocycles. The molecule has 1 aromatic rings. The van der Waals surface area contributed by atoms with E-state index in [1.165, 1.54) is 0 Å². The highest BCUT2D eigenvalue weighted by atomic mass is 28.4. The number of rotatable bonds is 10. The molecular weight excluding hydrogens is 356 g/mol. The number of hydrogen-bond donors (Lipinski definition) is 1. The van der Waals surface area contributed by atoms with Gasteiger partial charge in [-0.2, -0.15) is 0 Å². The minimum Gasteiger partial charge on any atom is -0.497 e. The molecule has 0 fully saturated rings. The largest absolute Gasteiger partial charge is 0.497 e. The highest BCUT2D eigenvalue weighted by molar-refractivity contribution is 6.74. The molecule has 0 aromatic heterocycles. The van der Waals surface area contributed by atoms with Gasteiger partial charge in [0.1, 0.15) is 5.75 Å². The minimum absolute atomic E-state index is 0.0924. The van der Waals surface area contributed by atoms with Crippen molar-refractivity contribution in [1.82, 2.24) is 0 Å². The lowest BCUT2D eigenvalue weighted by atomic mass is 10.0. The van der Waals surface area contributed by atoms with Crippen molar-refractivity contribution in [3.63, 3.8) is 0 Å². The smallest absolute Gasteiger partial charge is 0.192 e. The van der Waals surface area contributed by atoms with E-state index in [1.807, 2.05) is 38.1 Å². The molecule has 5 heteroatoms. The molecule has 0 radical (unpaired) electrons. The first-order valence-corrected chi connectivity index (χ1v) is 12.5. The van der Waals surface area contributed by atoms with Crippen molar-refractivity contribution in [2.45, 2.75) is 84.1 Å². The Kier molecular flexibility index (Phi) is 8.74. The van der Waals surface area contributed by atoms with Crippen LogP contribution in [0.5, 0.6) is 5.75 Å². The molecule has 0 aliphatic carbocycles. The summed E-state index contributed by atoms with van der Waals surface area (Å²) < 4.78 is 17.9. The molecule has 0 saturated heterocycles. The van der Waals surface area contributed by atoms with E-state index >= 15 is 0 Å². The Labute approximate surface area is 166 Å². The third-order valence-corrected chi connectivity index (χ3v) is 9.98. The Morgan fingerprint density at radius 1 is 1.19 bits per heavy atom. The molecule has 1 N–H and O–H groups in total. The fourth-order valence-corrected chi connectivity index (χ4v) is 3.77. The lowest BCUT2D eigenvalue weighted by molar-refractivity contribution is -0.0432. The summed E-state index contributed by atoms with van der Waals surface area (Å²) in [5.74, 6) is 0.829. The van der Waals surface area contributed by atoms with Gasteiger partial charge in [-0.05, 0) is 49.7 Å². The van der Waals surface area contributed by atoms with Crippen molar-refractivity contribution in [3.8, 4) is 5.75 Å². The van der Waals surface area contributed by atoms with E-state index in [-0.39, 0.29) is 17.2 Å². The predicted octanol–water partition coefficient (Wildman–Crippen LogP) is 5.32. The summed E-state index contributed by atoms with van der Waals surface area (Å²) in [7, 11) is -0.334. The number of benzene rings is 1. The molecule has 0 amide bonds. The summed E-state index contributed by atoms with van der Waals surface area (Å²) in [6.07, 6.45) is -0.427. The quantitative estimate of drug-likeness (QED) is 0.431. The summed E-state index contributed by atoms with van der Waals surface area (Å²) in [6.45, 7) is 19.3. The first kappa shape index (κ1) is 23.9. The second kappa shape index (κ2) is 9.87. The summed E-state index contributed by atoms with van der Waals surface area (Å²) in [5.41, 5.74) is 1.83. The molecule has 3 atom stereocenters. The Bertz CT molecular complexity index is 589. The number of ether oxygens (including phenoxy) is 2. The van der Waals surface area contributed by atoms with Crippen molar-refractivity contribution in [2.75, 3.05) is 7.11 Å². The fraction of sp³-hybridized carbons (Fsp3) is 0.636. The highest BCUT2D eigenvalue weighted by Gasteiger charge is 2.40. The molecular formula is C22H38O4Si. The van der Waals surface area contributed by atoms with E-state index in [4.69, 9.17) is 13.9 Å². The average Bonchev–Trinajstić information content (AvgIpc) is 2.58. The van der Waals surface area contributed by atoms with Crippen molar-refractivity contribution in [3.05, 3.63) is 42.0 Å². The first-order valence-electron chi connectivity index (χ1n) is 9.63. The van der Waals surface area contributed by atoms with E-state index in [2.05, 4.69) is 40.4 Å². The van der Waals surface area contributed by atoms with Gasteiger partial charge in [0.05, 0.1) is 32.0 Å². The molecule has 0 aliphatic rings. The van der Waals surface area contributed by atoms with Gasteiger partial charge in [-0.3, -0.25) is 0 Å². The second-order valence-corrected chi connectivity index (χ2v) is 13.6. The van der Waals surface area contributed by atoms with Gasteiger partial charge in [0.15, 0.2) is 8.32 Å². The molecule has 1 unspecified atom stereocenters. The van der Waals surface area contributed by atoms with Crippen molar-refractivity contribution < 1.29 is 19.0 Å².